The molecule has 3 heterocycles. The Morgan fingerprint density at radius 1 is 1.16 bits per heavy atom. The predicted octanol–water partition coefficient (Wildman–Crippen LogP) is 5.83. The van der Waals surface area contributed by atoms with E-state index in [1.54, 1.807) is 49.3 Å². The molecular weight excluding hydrogens is 574 g/mol. The van der Waals surface area contributed by atoms with Gasteiger partial charge in [0.25, 0.3) is 5.92 Å². The summed E-state index contributed by atoms with van der Waals surface area (Å²) in [4.78, 5) is 32.5. The van der Waals surface area contributed by atoms with Gasteiger partial charge in [-0.25, -0.2) is 18.4 Å². The Kier molecular flexibility index (Phi) is 11.9. The first-order valence-corrected chi connectivity index (χ1v) is 15.0. The number of pyridine rings is 1. The van der Waals surface area contributed by atoms with Crippen molar-refractivity contribution in [2.45, 2.75) is 65.4 Å². The highest BCUT2D eigenvalue weighted by molar-refractivity contribution is 5.89. The Morgan fingerprint density at radius 2 is 1.80 bits per heavy atom. The molecule has 4 rings (SSSR count). The Balaban J connectivity index is 0.00000169. The maximum atomic E-state index is 15.6. The summed E-state index contributed by atoms with van der Waals surface area (Å²) in [5, 5.41) is 10.4. The number of anilines is 1. The van der Waals surface area contributed by atoms with Crippen molar-refractivity contribution in [1.82, 2.24) is 14.8 Å². The molecule has 1 spiro atoms. The van der Waals surface area contributed by atoms with Crippen LogP contribution in [0.4, 0.5) is 24.1 Å². The van der Waals surface area contributed by atoms with E-state index in [1.807, 2.05) is 27.7 Å². The number of fused-ring (bicyclic) bond motifs is 1. The average molecular weight is 621 g/mol. The topological polar surface area (TPSA) is 113 Å². The van der Waals surface area contributed by atoms with E-state index in [0.29, 0.717) is 42.4 Å². The number of methoxy groups -OCH3 is 1. The van der Waals surface area contributed by atoms with Crippen LogP contribution in [-0.4, -0.2) is 96.6 Å². The fourth-order valence-corrected chi connectivity index (χ4v) is 4.98. The number of carbonyl (C=O) groups excluding carboxylic acids is 2. The lowest BCUT2D eigenvalue weighted by molar-refractivity contribution is -0.194. The number of alkyl halides is 2. The van der Waals surface area contributed by atoms with Crippen molar-refractivity contribution >= 4 is 17.8 Å². The molecule has 2 aromatic rings. The zero-order valence-corrected chi connectivity index (χ0v) is 26.6. The van der Waals surface area contributed by atoms with Crippen LogP contribution >= 0.6 is 0 Å². The maximum absolute atomic E-state index is 15.6. The molecule has 244 valence electrons. The number of piperidine rings is 1. The Hall–Kier alpha value is -3.51. The molecule has 1 saturated heterocycles. The number of halogens is 2. The van der Waals surface area contributed by atoms with Crippen LogP contribution in [-0.2, 0) is 15.9 Å². The minimum atomic E-state index is -3.12. The van der Waals surface area contributed by atoms with E-state index in [9.17, 15) is 9.59 Å². The van der Waals surface area contributed by atoms with Crippen LogP contribution in [0.5, 0.6) is 5.75 Å². The molecule has 1 aromatic carbocycles. The Morgan fingerprint density at radius 3 is 2.36 bits per heavy atom. The summed E-state index contributed by atoms with van der Waals surface area (Å²) in [5.74, 6) is -2.79. The van der Waals surface area contributed by atoms with Crippen molar-refractivity contribution in [3.05, 3.63) is 42.1 Å². The highest BCUT2D eigenvalue weighted by Crippen LogP contribution is 2.48. The van der Waals surface area contributed by atoms with Gasteiger partial charge in [0.2, 0.25) is 0 Å². The number of likely N-dealkylation sites (N-methyl/N-ethyl adjacent to an activating group) is 1. The number of rotatable bonds is 7. The van der Waals surface area contributed by atoms with Crippen molar-refractivity contribution in [2.24, 2.45) is 5.41 Å². The van der Waals surface area contributed by atoms with Crippen molar-refractivity contribution in [2.75, 3.05) is 58.4 Å². The lowest BCUT2D eigenvalue weighted by Crippen LogP contribution is -2.62. The van der Waals surface area contributed by atoms with Gasteiger partial charge in [0.1, 0.15) is 5.75 Å². The second kappa shape index (κ2) is 15.0. The van der Waals surface area contributed by atoms with E-state index in [1.165, 1.54) is 11.1 Å². The fraction of sp³-hybridized carbons (Fsp3) is 0.594. The van der Waals surface area contributed by atoms with Crippen LogP contribution in [0, 0.1) is 5.41 Å². The predicted molar refractivity (Wildman–Crippen MR) is 164 cm³/mol. The van der Waals surface area contributed by atoms with E-state index < -0.39 is 24.0 Å². The highest BCUT2D eigenvalue weighted by atomic mass is 19.3. The lowest BCUT2D eigenvalue weighted by Gasteiger charge is -2.48. The summed E-state index contributed by atoms with van der Waals surface area (Å²) >= 11 is 0. The quantitative estimate of drug-likeness (QED) is 0.400. The number of nitrogens with one attached hydrogen (secondary N) is 1. The van der Waals surface area contributed by atoms with Gasteiger partial charge in [-0.3, -0.25) is 4.98 Å². The van der Waals surface area contributed by atoms with Gasteiger partial charge >= 0.3 is 12.1 Å². The van der Waals surface area contributed by atoms with Crippen molar-refractivity contribution in [1.29, 1.82) is 0 Å². The molecule has 2 aliphatic rings. The minimum Gasteiger partial charge on any atom is -0.479 e. The zero-order valence-electron chi connectivity index (χ0n) is 26.6. The minimum absolute atomic E-state index is 0.0000793. The molecule has 12 heteroatoms. The summed E-state index contributed by atoms with van der Waals surface area (Å²) < 4.78 is 47.6. The number of aliphatic hydroxyl groups is 1. The van der Waals surface area contributed by atoms with E-state index in [2.05, 4.69) is 10.3 Å². The van der Waals surface area contributed by atoms with E-state index in [4.69, 9.17) is 19.3 Å². The van der Waals surface area contributed by atoms with Gasteiger partial charge in [0.05, 0.1) is 25.1 Å². The first-order chi connectivity index (χ1) is 20.8. The second-order valence-electron chi connectivity index (χ2n) is 12.2. The van der Waals surface area contributed by atoms with Gasteiger partial charge in [-0.2, -0.15) is 0 Å². The van der Waals surface area contributed by atoms with E-state index >= 15 is 8.78 Å². The molecule has 0 saturated carbocycles. The number of amides is 3. The molecule has 2 N–H and O–H groups in total. The number of carbonyl (C=O) groups is 2. The van der Waals surface area contributed by atoms with Gasteiger partial charge in [0.15, 0.2) is 5.60 Å². The van der Waals surface area contributed by atoms with Crippen molar-refractivity contribution in [3.63, 3.8) is 0 Å². The highest BCUT2D eigenvalue weighted by Gasteiger charge is 2.60. The van der Waals surface area contributed by atoms with Crippen LogP contribution in [0.1, 0.15) is 53.0 Å². The molecule has 0 aliphatic carbocycles. The molecule has 0 atom stereocenters. The van der Waals surface area contributed by atoms with Gasteiger partial charge in [-0.15, -0.1) is 0 Å². The van der Waals surface area contributed by atoms with E-state index in [-0.39, 0.29) is 50.6 Å². The molecule has 44 heavy (non-hydrogen) atoms. The number of aliphatic hydroxyl groups excluding tert-OH is 1. The number of urea groups is 1. The van der Waals surface area contributed by atoms with Crippen LogP contribution in [0.2, 0.25) is 0 Å². The summed E-state index contributed by atoms with van der Waals surface area (Å²) in [6.07, 6.45) is 0.533. The third-order valence-corrected chi connectivity index (χ3v) is 7.46. The molecule has 1 fully saturated rings. The second-order valence-corrected chi connectivity index (χ2v) is 12.2. The Bertz CT molecular complexity index is 1240. The molecule has 2 aliphatic heterocycles. The SMILES string of the molecule is CCN(CCOC)C(=O)Nc1ccc(-c2cc3c(cn2)OC2(CCN(C(=O)OCC(C)(C)C)CC2)C(F)(F)C3)cc1.CCO. The maximum Gasteiger partial charge on any atom is 0.409 e. The number of hydrogen-bond donors (Lipinski definition) is 2. The van der Waals surface area contributed by atoms with Crippen LogP contribution < -0.4 is 10.1 Å². The zero-order chi connectivity index (χ0) is 32.5. The first kappa shape index (κ1) is 35.0. The Labute approximate surface area is 258 Å². The number of nitrogens with zero attached hydrogens (tertiary/aromatic N) is 3. The van der Waals surface area contributed by atoms with Crippen LogP contribution in [0.15, 0.2) is 36.5 Å². The van der Waals surface area contributed by atoms with Crippen molar-refractivity contribution < 1.29 is 37.7 Å². The van der Waals surface area contributed by atoms with Gasteiger partial charge in [0, 0.05) is 76.0 Å². The molecule has 0 unspecified atom stereocenters. The number of aromatic nitrogens is 1. The fourth-order valence-electron chi connectivity index (χ4n) is 4.98. The first-order valence-electron chi connectivity index (χ1n) is 15.0. The molecule has 0 radical (unpaired) electrons. The summed E-state index contributed by atoms with van der Waals surface area (Å²) in [6, 6.07) is 8.47. The lowest BCUT2D eigenvalue weighted by atomic mass is 9.80. The molecular formula is C32H46F2N4O6. The normalized spacial score (nSPS) is 16.6. The average Bonchev–Trinajstić information content (AvgIpc) is 2.97. The molecule has 10 nitrogen and oxygen atoms in total. The number of likely N-dealkylation sites (tertiary alicyclic amines) is 1. The summed E-state index contributed by atoms with van der Waals surface area (Å²) in [5.41, 5.74) is 0.372. The van der Waals surface area contributed by atoms with E-state index in [0.717, 1.165) is 5.56 Å². The molecule has 1 aromatic heterocycles. The van der Waals surface area contributed by atoms with Crippen LogP contribution in [0.25, 0.3) is 11.3 Å². The summed E-state index contributed by atoms with van der Waals surface area (Å²) in [6.45, 7) is 11.7. The number of hydrogen-bond acceptors (Lipinski definition) is 7. The van der Waals surface area contributed by atoms with Gasteiger partial charge in [-0.1, -0.05) is 32.9 Å². The third-order valence-electron chi connectivity index (χ3n) is 7.46. The monoisotopic (exact) mass is 620 g/mol. The summed E-state index contributed by atoms with van der Waals surface area (Å²) in [7, 11) is 1.59. The van der Waals surface area contributed by atoms with Gasteiger partial charge < -0.3 is 34.4 Å². The number of benzene rings is 1. The number of ether oxygens (including phenoxy) is 3. The van der Waals surface area contributed by atoms with Crippen LogP contribution in [0.3, 0.4) is 0 Å². The molecule has 3 amide bonds. The molecule has 0 bridgehead atoms. The standard InChI is InChI=1S/C30H40F2N4O5.C2H6O/c1-6-35(15-16-39-5)26(37)34-23-9-7-21(8-10-23)24-17-22-18-30(31,32)29(41-25(22)19-33-24)11-13-36(14-12-29)27(38)40-20-28(2,3)4;1-2-3/h7-10,17,19H,6,11-16,18,20H2,1-5H3,(H,34,37);3H,2H2,1H3. The largest absolute Gasteiger partial charge is 0.479 e. The van der Waals surface area contributed by atoms with Gasteiger partial charge in [-0.05, 0) is 37.5 Å². The van der Waals surface area contributed by atoms with Crippen molar-refractivity contribution in [3.8, 4) is 17.0 Å². The third kappa shape index (κ3) is 8.78. The smallest absolute Gasteiger partial charge is 0.409 e.